The number of aliphatic hydroxyl groups is 1. The molecule has 0 aliphatic heterocycles. The Bertz CT molecular complexity index is 600. The molecule has 0 amide bonds. The van der Waals surface area contributed by atoms with Crippen molar-refractivity contribution in [3.63, 3.8) is 0 Å². The zero-order valence-electron chi connectivity index (χ0n) is 12.4. The third-order valence-electron chi connectivity index (χ3n) is 3.14. The predicted octanol–water partition coefficient (Wildman–Crippen LogP) is 2.94. The number of hydrogen-bond acceptors (Lipinski definition) is 4. The SMILES string of the molecule is CCn1nc(C)cc1COc1c(CO)cc(Cl)cc1OC. The van der Waals surface area contributed by atoms with E-state index in [9.17, 15) is 5.11 Å². The van der Waals surface area contributed by atoms with E-state index in [0.29, 0.717) is 28.7 Å². The molecule has 0 atom stereocenters. The lowest BCUT2D eigenvalue weighted by Gasteiger charge is -2.15. The molecule has 6 heteroatoms. The fraction of sp³-hybridized carbons (Fsp3) is 0.400. The van der Waals surface area contributed by atoms with Gasteiger partial charge >= 0.3 is 0 Å². The third kappa shape index (κ3) is 3.49. The molecule has 21 heavy (non-hydrogen) atoms. The molecule has 114 valence electrons. The maximum absolute atomic E-state index is 9.45. The van der Waals surface area contributed by atoms with E-state index in [1.54, 1.807) is 19.2 Å². The Balaban J connectivity index is 2.26. The summed E-state index contributed by atoms with van der Waals surface area (Å²) in [6.45, 7) is 4.92. The van der Waals surface area contributed by atoms with E-state index >= 15 is 0 Å². The Morgan fingerprint density at radius 2 is 2.10 bits per heavy atom. The number of aryl methyl sites for hydroxylation is 2. The van der Waals surface area contributed by atoms with Gasteiger partial charge in [-0.25, -0.2) is 0 Å². The van der Waals surface area contributed by atoms with Crippen molar-refractivity contribution in [2.24, 2.45) is 0 Å². The van der Waals surface area contributed by atoms with Gasteiger partial charge in [-0.3, -0.25) is 4.68 Å². The number of ether oxygens (including phenoxy) is 2. The van der Waals surface area contributed by atoms with Crippen molar-refractivity contribution in [1.82, 2.24) is 9.78 Å². The first-order valence-corrected chi connectivity index (χ1v) is 7.10. The van der Waals surface area contributed by atoms with Crippen LogP contribution in [0.3, 0.4) is 0 Å². The molecule has 5 nitrogen and oxygen atoms in total. The molecular formula is C15H19ClN2O3. The van der Waals surface area contributed by atoms with Gasteiger partial charge in [0.05, 0.1) is 25.1 Å². The smallest absolute Gasteiger partial charge is 0.167 e. The highest BCUT2D eigenvalue weighted by Crippen LogP contribution is 2.35. The lowest BCUT2D eigenvalue weighted by Crippen LogP contribution is -2.07. The number of hydrogen-bond donors (Lipinski definition) is 1. The topological polar surface area (TPSA) is 56.5 Å². The van der Waals surface area contributed by atoms with Crippen molar-refractivity contribution < 1.29 is 14.6 Å². The molecule has 1 heterocycles. The Morgan fingerprint density at radius 1 is 1.33 bits per heavy atom. The van der Waals surface area contributed by atoms with Gasteiger partial charge in [0.15, 0.2) is 11.5 Å². The first-order valence-electron chi connectivity index (χ1n) is 6.72. The standard InChI is InChI=1S/C15H19ClN2O3/c1-4-18-13(5-10(2)17-18)9-21-15-11(8-19)6-12(16)7-14(15)20-3/h5-7,19H,4,8-9H2,1-3H3. The first kappa shape index (κ1) is 15.7. The molecule has 0 fully saturated rings. The molecular weight excluding hydrogens is 292 g/mol. The molecule has 0 spiro atoms. The van der Waals surface area contributed by atoms with Crippen molar-refractivity contribution in [3.05, 3.63) is 40.2 Å². The van der Waals surface area contributed by atoms with Crippen LogP contribution in [-0.4, -0.2) is 22.0 Å². The molecule has 0 saturated heterocycles. The van der Waals surface area contributed by atoms with Crippen LogP contribution in [0.1, 0.15) is 23.9 Å². The first-order chi connectivity index (χ1) is 10.1. The van der Waals surface area contributed by atoms with E-state index in [-0.39, 0.29) is 6.61 Å². The Morgan fingerprint density at radius 3 is 2.71 bits per heavy atom. The summed E-state index contributed by atoms with van der Waals surface area (Å²) >= 11 is 5.99. The van der Waals surface area contributed by atoms with Gasteiger partial charge in [0, 0.05) is 23.2 Å². The van der Waals surface area contributed by atoms with Crippen molar-refractivity contribution in [3.8, 4) is 11.5 Å². The van der Waals surface area contributed by atoms with Crippen LogP contribution in [0.5, 0.6) is 11.5 Å². The van der Waals surface area contributed by atoms with Crippen LogP contribution in [-0.2, 0) is 19.8 Å². The van der Waals surface area contributed by atoms with Crippen LogP contribution in [0.2, 0.25) is 5.02 Å². The summed E-state index contributed by atoms with van der Waals surface area (Å²) in [5, 5.41) is 14.3. The number of halogens is 1. The van der Waals surface area contributed by atoms with Crippen LogP contribution in [0.4, 0.5) is 0 Å². The summed E-state index contributed by atoms with van der Waals surface area (Å²) in [5.74, 6) is 1.01. The molecule has 0 bridgehead atoms. The van der Waals surface area contributed by atoms with Crippen LogP contribution >= 0.6 is 11.6 Å². The maximum atomic E-state index is 9.45. The second-order valence-corrected chi connectivity index (χ2v) is 5.07. The zero-order valence-corrected chi connectivity index (χ0v) is 13.1. The summed E-state index contributed by atoms with van der Waals surface area (Å²) in [4.78, 5) is 0. The van der Waals surface area contributed by atoms with Crippen molar-refractivity contribution >= 4 is 11.6 Å². The predicted molar refractivity (Wildman–Crippen MR) is 80.9 cm³/mol. The van der Waals surface area contributed by atoms with Crippen molar-refractivity contribution in [1.29, 1.82) is 0 Å². The number of methoxy groups -OCH3 is 1. The second kappa shape index (κ2) is 6.83. The molecule has 1 aromatic heterocycles. The molecule has 0 unspecified atom stereocenters. The molecule has 2 aromatic rings. The Kier molecular flexibility index (Phi) is 5.09. The van der Waals surface area contributed by atoms with Crippen LogP contribution in [0.15, 0.2) is 18.2 Å². The summed E-state index contributed by atoms with van der Waals surface area (Å²) < 4.78 is 13.0. The molecule has 0 radical (unpaired) electrons. The van der Waals surface area contributed by atoms with Gasteiger partial charge in [0.25, 0.3) is 0 Å². The monoisotopic (exact) mass is 310 g/mol. The molecule has 1 N–H and O–H groups in total. The van der Waals surface area contributed by atoms with Gasteiger partial charge in [-0.2, -0.15) is 5.10 Å². The van der Waals surface area contributed by atoms with E-state index in [1.165, 1.54) is 0 Å². The van der Waals surface area contributed by atoms with Crippen LogP contribution in [0.25, 0.3) is 0 Å². The minimum absolute atomic E-state index is 0.168. The molecule has 0 saturated carbocycles. The fourth-order valence-corrected chi connectivity index (χ4v) is 2.42. The lowest BCUT2D eigenvalue weighted by molar-refractivity contribution is 0.245. The average Bonchev–Trinajstić information content (AvgIpc) is 2.84. The highest BCUT2D eigenvalue weighted by atomic mass is 35.5. The molecule has 0 aliphatic rings. The van der Waals surface area contributed by atoms with Gasteiger partial charge in [-0.1, -0.05) is 11.6 Å². The van der Waals surface area contributed by atoms with E-state index in [0.717, 1.165) is 17.9 Å². The number of benzene rings is 1. The Labute approximate surface area is 129 Å². The minimum atomic E-state index is -0.168. The quantitative estimate of drug-likeness (QED) is 0.891. The van der Waals surface area contributed by atoms with Gasteiger partial charge in [0.1, 0.15) is 6.61 Å². The molecule has 1 aromatic carbocycles. The summed E-state index contributed by atoms with van der Waals surface area (Å²) in [5.41, 5.74) is 2.51. The normalized spacial score (nSPS) is 10.7. The molecule has 2 rings (SSSR count). The Hall–Kier alpha value is -1.72. The van der Waals surface area contributed by atoms with Gasteiger partial charge in [-0.05, 0) is 26.0 Å². The van der Waals surface area contributed by atoms with Crippen LogP contribution in [0, 0.1) is 6.92 Å². The van der Waals surface area contributed by atoms with E-state index in [1.807, 2.05) is 24.6 Å². The average molecular weight is 311 g/mol. The van der Waals surface area contributed by atoms with E-state index < -0.39 is 0 Å². The van der Waals surface area contributed by atoms with Gasteiger partial charge < -0.3 is 14.6 Å². The minimum Gasteiger partial charge on any atom is -0.493 e. The van der Waals surface area contributed by atoms with Crippen molar-refractivity contribution in [2.75, 3.05) is 7.11 Å². The van der Waals surface area contributed by atoms with Gasteiger partial charge in [-0.15, -0.1) is 0 Å². The summed E-state index contributed by atoms with van der Waals surface area (Å²) in [7, 11) is 1.54. The lowest BCUT2D eigenvalue weighted by atomic mass is 10.2. The summed E-state index contributed by atoms with van der Waals surface area (Å²) in [6, 6.07) is 5.31. The number of rotatable bonds is 6. The number of nitrogens with zero attached hydrogens (tertiary/aromatic N) is 2. The highest BCUT2D eigenvalue weighted by Gasteiger charge is 2.14. The second-order valence-electron chi connectivity index (χ2n) is 4.64. The third-order valence-corrected chi connectivity index (χ3v) is 3.35. The van der Waals surface area contributed by atoms with Crippen molar-refractivity contribution in [2.45, 2.75) is 33.6 Å². The van der Waals surface area contributed by atoms with Crippen LogP contribution < -0.4 is 9.47 Å². The molecule has 0 aliphatic carbocycles. The van der Waals surface area contributed by atoms with E-state index in [2.05, 4.69) is 5.10 Å². The largest absolute Gasteiger partial charge is 0.493 e. The summed E-state index contributed by atoms with van der Waals surface area (Å²) in [6.07, 6.45) is 0. The fourth-order valence-electron chi connectivity index (χ4n) is 2.19. The highest BCUT2D eigenvalue weighted by molar-refractivity contribution is 6.30. The number of aliphatic hydroxyl groups excluding tert-OH is 1. The van der Waals surface area contributed by atoms with Gasteiger partial charge in [0.2, 0.25) is 0 Å². The maximum Gasteiger partial charge on any atom is 0.167 e. The zero-order chi connectivity index (χ0) is 15.4. The number of aromatic nitrogens is 2. The van der Waals surface area contributed by atoms with E-state index in [4.69, 9.17) is 21.1 Å².